The third-order valence-electron chi connectivity index (χ3n) is 3.55. The van der Waals surface area contributed by atoms with Crippen LogP contribution in [0.1, 0.15) is 32.6 Å². The van der Waals surface area contributed by atoms with E-state index in [0.717, 1.165) is 24.9 Å². The van der Waals surface area contributed by atoms with E-state index in [4.69, 9.17) is 11.6 Å². The van der Waals surface area contributed by atoms with Gasteiger partial charge in [-0.2, -0.15) is 0 Å². The van der Waals surface area contributed by atoms with E-state index in [-0.39, 0.29) is 11.2 Å². The van der Waals surface area contributed by atoms with Crippen molar-refractivity contribution in [1.82, 2.24) is 0 Å². The molecule has 1 aliphatic rings. The molecule has 1 aromatic carbocycles. The van der Waals surface area contributed by atoms with Crippen molar-refractivity contribution in [3.05, 3.63) is 33.3 Å². The van der Waals surface area contributed by atoms with Crippen LogP contribution in [-0.2, 0) is 0 Å². The van der Waals surface area contributed by atoms with Crippen molar-refractivity contribution in [1.29, 1.82) is 0 Å². The molecule has 1 aromatic rings. The molecule has 92 valence electrons. The van der Waals surface area contributed by atoms with E-state index in [1.165, 1.54) is 18.6 Å². The van der Waals surface area contributed by atoms with Crippen molar-refractivity contribution >= 4 is 23.0 Å². The molecule has 1 fully saturated rings. The summed E-state index contributed by atoms with van der Waals surface area (Å²) in [6.07, 6.45) is 4.54. The van der Waals surface area contributed by atoms with Crippen molar-refractivity contribution in [3.8, 4) is 0 Å². The Morgan fingerprint density at radius 1 is 1.53 bits per heavy atom. The maximum Gasteiger partial charge on any atom is 0.271 e. The fourth-order valence-electron chi connectivity index (χ4n) is 2.18. The molecule has 5 heteroatoms. The fourth-order valence-corrected chi connectivity index (χ4v) is 2.40. The summed E-state index contributed by atoms with van der Waals surface area (Å²) in [5, 5.41) is 14.4. The molecular formula is C12H15ClN2O2. The Hall–Kier alpha value is -1.29. The summed E-state index contributed by atoms with van der Waals surface area (Å²) >= 11 is 6.05. The van der Waals surface area contributed by atoms with Crippen LogP contribution in [0.15, 0.2) is 18.2 Å². The molecule has 0 heterocycles. The molecule has 2 rings (SSSR count). The summed E-state index contributed by atoms with van der Waals surface area (Å²) in [6, 6.07) is 4.57. The average Bonchev–Trinajstić information content (AvgIpc) is 2.25. The van der Waals surface area contributed by atoms with Crippen LogP contribution >= 0.6 is 11.6 Å². The first-order valence-corrected chi connectivity index (χ1v) is 6.16. The van der Waals surface area contributed by atoms with Gasteiger partial charge in [0.1, 0.15) is 0 Å². The number of nitrogens with zero attached hydrogens (tertiary/aromatic N) is 1. The van der Waals surface area contributed by atoms with Crippen LogP contribution in [0, 0.1) is 10.1 Å². The molecule has 0 unspecified atom stereocenters. The molecule has 17 heavy (non-hydrogen) atoms. The summed E-state index contributed by atoms with van der Waals surface area (Å²) in [5.41, 5.74) is 0.957. The fraction of sp³-hybridized carbons (Fsp3) is 0.500. The molecule has 4 nitrogen and oxygen atoms in total. The van der Waals surface area contributed by atoms with Gasteiger partial charge in [0.05, 0.1) is 15.6 Å². The van der Waals surface area contributed by atoms with Gasteiger partial charge in [-0.15, -0.1) is 0 Å². The smallest absolute Gasteiger partial charge is 0.271 e. The molecule has 0 spiro atoms. The molecule has 1 aliphatic carbocycles. The Balaban J connectivity index is 2.19. The van der Waals surface area contributed by atoms with Crippen molar-refractivity contribution in [2.75, 3.05) is 5.32 Å². The number of halogens is 1. The molecule has 0 amide bonds. The number of nitro groups is 1. The zero-order valence-corrected chi connectivity index (χ0v) is 10.5. The van der Waals surface area contributed by atoms with Gasteiger partial charge in [-0.05, 0) is 31.7 Å². The van der Waals surface area contributed by atoms with Gasteiger partial charge in [0.25, 0.3) is 5.69 Å². The number of hydrogen-bond donors (Lipinski definition) is 1. The highest BCUT2D eigenvalue weighted by atomic mass is 35.5. The summed E-state index contributed by atoms with van der Waals surface area (Å²) in [6.45, 7) is 2.14. The number of anilines is 1. The minimum atomic E-state index is -0.436. The largest absolute Gasteiger partial charge is 0.378 e. The molecule has 0 aromatic heterocycles. The van der Waals surface area contributed by atoms with Gasteiger partial charge in [-0.1, -0.05) is 18.5 Å². The summed E-state index contributed by atoms with van der Waals surface area (Å²) < 4.78 is 0. The topological polar surface area (TPSA) is 55.2 Å². The van der Waals surface area contributed by atoms with E-state index in [0.29, 0.717) is 5.02 Å². The van der Waals surface area contributed by atoms with Gasteiger partial charge in [0.15, 0.2) is 0 Å². The van der Waals surface area contributed by atoms with Crippen LogP contribution in [0.5, 0.6) is 0 Å². The Morgan fingerprint density at radius 3 is 2.65 bits per heavy atom. The van der Waals surface area contributed by atoms with E-state index >= 15 is 0 Å². The van der Waals surface area contributed by atoms with Gasteiger partial charge in [0, 0.05) is 17.7 Å². The third kappa shape index (κ3) is 2.36. The minimum Gasteiger partial charge on any atom is -0.378 e. The third-order valence-corrected chi connectivity index (χ3v) is 3.86. The van der Waals surface area contributed by atoms with Crippen LogP contribution in [0.3, 0.4) is 0 Å². The lowest BCUT2D eigenvalue weighted by molar-refractivity contribution is -0.384. The van der Waals surface area contributed by atoms with E-state index in [1.807, 2.05) is 0 Å². The van der Waals surface area contributed by atoms with E-state index < -0.39 is 4.92 Å². The van der Waals surface area contributed by atoms with Gasteiger partial charge < -0.3 is 5.32 Å². The molecular weight excluding hydrogens is 240 g/mol. The van der Waals surface area contributed by atoms with Crippen LogP contribution in [0.2, 0.25) is 5.02 Å². The lowest BCUT2D eigenvalue weighted by atomic mass is 9.74. The maximum absolute atomic E-state index is 10.6. The number of nitro benzene ring substituents is 1. The van der Waals surface area contributed by atoms with Gasteiger partial charge in [-0.25, -0.2) is 0 Å². The Bertz CT molecular complexity index is 439. The summed E-state index contributed by atoms with van der Waals surface area (Å²) in [5.74, 6) is 0. The first-order chi connectivity index (χ1) is 8.06. The van der Waals surface area contributed by atoms with Gasteiger partial charge >= 0.3 is 0 Å². The lowest BCUT2D eigenvalue weighted by Gasteiger charge is -2.43. The van der Waals surface area contributed by atoms with Crippen molar-refractivity contribution in [2.45, 2.75) is 38.1 Å². The predicted octanol–water partition coefficient (Wildman–Crippen LogP) is 3.99. The molecule has 0 aliphatic heterocycles. The first-order valence-electron chi connectivity index (χ1n) is 5.78. The zero-order valence-electron chi connectivity index (χ0n) is 9.70. The molecule has 0 radical (unpaired) electrons. The number of non-ortho nitro benzene ring substituents is 1. The van der Waals surface area contributed by atoms with Crippen LogP contribution < -0.4 is 5.32 Å². The number of benzene rings is 1. The molecule has 0 atom stereocenters. The van der Waals surface area contributed by atoms with Gasteiger partial charge in [-0.3, -0.25) is 10.1 Å². The van der Waals surface area contributed by atoms with Crippen molar-refractivity contribution in [2.24, 2.45) is 0 Å². The highest BCUT2D eigenvalue weighted by Crippen LogP contribution is 2.40. The average molecular weight is 255 g/mol. The van der Waals surface area contributed by atoms with Crippen molar-refractivity contribution in [3.63, 3.8) is 0 Å². The van der Waals surface area contributed by atoms with Crippen LogP contribution in [0.4, 0.5) is 11.4 Å². The monoisotopic (exact) mass is 254 g/mol. The Morgan fingerprint density at radius 2 is 2.24 bits per heavy atom. The normalized spacial score (nSPS) is 17.3. The first kappa shape index (κ1) is 12.2. The second-order valence-electron chi connectivity index (χ2n) is 4.53. The quantitative estimate of drug-likeness (QED) is 0.653. The molecule has 0 saturated heterocycles. The second kappa shape index (κ2) is 4.53. The summed E-state index contributed by atoms with van der Waals surface area (Å²) in [7, 11) is 0. The second-order valence-corrected chi connectivity index (χ2v) is 4.94. The zero-order chi connectivity index (χ0) is 12.5. The Labute approximate surface area is 105 Å². The SMILES string of the molecule is CCC1(Nc2ccc([N+](=O)[O-])cc2Cl)CCC1. The van der Waals surface area contributed by atoms with Gasteiger partial charge in [0.2, 0.25) is 0 Å². The Kier molecular flexibility index (Phi) is 3.24. The van der Waals surface area contributed by atoms with E-state index in [2.05, 4.69) is 12.2 Å². The highest BCUT2D eigenvalue weighted by Gasteiger charge is 2.35. The summed E-state index contributed by atoms with van der Waals surface area (Å²) in [4.78, 5) is 10.2. The molecule has 1 saturated carbocycles. The minimum absolute atomic E-state index is 0.0275. The number of nitrogens with one attached hydrogen (secondary N) is 1. The van der Waals surface area contributed by atoms with Crippen LogP contribution in [0.25, 0.3) is 0 Å². The van der Waals surface area contributed by atoms with E-state index in [9.17, 15) is 10.1 Å². The predicted molar refractivity (Wildman–Crippen MR) is 68.6 cm³/mol. The number of hydrogen-bond acceptors (Lipinski definition) is 3. The van der Waals surface area contributed by atoms with Crippen LogP contribution in [-0.4, -0.2) is 10.5 Å². The molecule has 0 bridgehead atoms. The van der Waals surface area contributed by atoms with E-state index in [1.54, 1.807) is 6.07 Å². The standard InChI is InChI=1S/C12H15ClN2O2/c1-2-12(6-3-7-12)14-11-5-4-9(15(16)17)8-10(11)13/h4-5,8,14H,2-3,6-7H2,1H3. The highest BCUT2D eigenvalue weighted by molar-refractivity contribution is 6.33. The lowest BCUT2D eigenvalue weighted by Crippen LogP contribution is -2.44. The molecule has 1 N–H and O–H groups in total. The number of rotatable bonds is 4. The maximum atomic E-state index is 10.6. The van der Waals surface area contributed by atoms with Crippen molar-refractivity contribution < 1.29 is 4.92 Å².